The van der Waals surface area contributed by atoms with Crippen molar-refractivity contribution in [1.29, 1.82) is 0 Å². The van der Waals surface area contributed by atoms with Gasteiger partial charge in [0.15, 0.2) is 5.82 Å². The largest absolute Gasteiger partial charge is 0.368 e. The number of anilines is 3. The Morgan fingerprint density at radius 1 is 0.731 bits per heavy atom. The van der Waals surface area contributed by atoms with E-state index in [2.05, 4.69) is 24.9 Å². The highest BCUT2D eigenvalue weighted by Gasteiger charge is 2.20. The van der Waals surface area contributed by atoms with Crippen molar-refractivity contribution in [1.82, 2.24) is 15.2 Å². The lowest BCUT2D eigenvalue weighted by molar-refractivity contribution is 0.623. The van der Waals surface area contributed by atoms with Gasteiger partial charge in [-0.05, 0) is 37.1 Å². The van der Waals surface area contributed by atoms with E-state index in [4.69, 9.17) is 4.98 Å². The zero-order chi connectivity index (χ0) is 17.8. The molecule has 0 bridgehead atoms. The van der Waals surface area contributed by atoms with Crippen molar-refractivity contribution in [3.05, 3.63) is 36.3 Å². The summed E-state index contributed by atoms with van der Waals surface area (Å²) in [6.07, 6.45) is 6.73. The van der Waals surface area contributed by atoms with Gasteiger partial charge in [-0.1, -0.05) is 12.8 Å². The second-order valence-corrected chi connectivity index (χ2v) is 6.97. The van der Waals surface area contributed by atoms with Gasteiger partial charge in [0.05, 0.1) is 6.20 Å². The third-order valence-corrected chi connectivity index (χ3v) is 5.22. The van der Waals surface area contributed by atoms with Crippen LogP contribution in [-0.4, -0.2) is 54.4 Å². The number of hydrogen-bond acceptors (Lipinski definition) is 6. The maximum Gasteiger partial charge on any atom is 0.247 e. The van der Waals surface area contributed by atoms with Gasteiger partial charge in [-0.15, -0.1) is 5.10 Å². The molecular weight excluding hydrogens is 331 g/mol. The fraction of sp³-hybridized carbons (Fsp3) is 0.526. The van der Waals surface area contributed by atoms with E-state index in [1.54, 1.807) is 6.20 Å². The molecule has 138 valence electrons. The van der Waals surface area contributed by atoms with Gasteiger partial charge in [0.1, 0.15) is 5.82 Å². The summed E-state index contributed by atoms with van der Waals surface area (Å²) >= 11 is 0. The highest BCUT2D eigenvalue weighted by Crippen LogP contribution is 2.21. The van der Waals surface area contributed by atoms with Crippen molar-refractivity contribution in [3.63, 3.8) is 0 Å². The summed E-state index contributed by atoms with van der Waals surface area (Å²) in [6, 6.07) is 6.72. The van der Waals surface area contributed by atoms with Crippen LogP contribution in [0.25, 0.3) is 0 Å². The molecule has 0 unspecified atom stereocenters. The summed E-state index contributed by atoms with van der Waals surface area (Å²) in [5.74, 6) is 1.46. The van der Waals surface area contributed by atoms with Gasteiger partial charge in [-0.25, -0.2) is 4.39 Å². The fourth-order valence-electron chi connectivity index (χ4n) is 3.69. The van der Waals surface area contributed by atoms with Crippen molar-refractivity contribution in [2.24, 2.45) is 0 Å². The second kappa shape index (κ2) is 7.85. The van der Waals surface area contributed by atoms with Crippen LogP contribution in [0.3, 0.4) is 0 Å². The first-order valence-electron chi connectivity index (χ1n) is 9.50. The first kappa shape index (κ1) is 17.0. The summed E-state index contributed by atoms with van der Waals surface area (Å²) in [6.45, 7) is 5.54. The van der Waals surface area contributed by atoms with Crippen LogP contribution in [0.1, 0.15) is 25.7 Å². The van der Waals surface area contributed by atoms with Gasteiger partial charge in [-0.2, -0.15) is 10.1 Å². The molecule has 0 N–H and O–H groups in total. The molecule has 3 heterocycles. The molecule has 0 atom stereocenters. The Kier molecular flexibility index (Phi) is 5.13. The van der Waals surface area contributed by atoms with Gasteiger partial charge >= 0.3 is 0 Å². The van der Waals surface area contributed by atoms with Crippen molar-refractivity contribution >= 4 is 17.5 Å². The molecule has 0 radical (unpaired) electrons. The van der Waals surface area contributed by atoms with Crippen LogP contribution in [0, 0.1) is 5.82 Å². The average molecular weight is 356 g/mol. The third-order valence-electron chi connectivity index (χ3n) is 5.22. The van der Waals surface area contributed by atoms with Crippen LogP contribution < -0.4 is 14.7 Å². The number of nitrogens with zero attached hydrogens (tertiary/aromatic N) is 6. The third kappa shape index (κ3) is 3.86. The predicted molar refractivity (Wildman–Crippen MR) is 101 cm³/mol. The molecule has 26 heavy (non-hydrogen) atoms. The van der Waals surface area contributed by atoms with Gasteiger partial charge in [-0.3, -0.25) is 0 Å². The van der Waals surface area contributed by atoms with E-state index < -0.39 is 0 Å². The molecule has 1 aromatic carbocycles. The van der Waals surface area contributed by atoms with Crippen LogP contribution in [0.5, 0.6) is 0 Å². The number of benzene rings is 1. The number of piperazine rings is 1. The van der Waals surface area contributed by atoms with Gasteiger partial charge in [0.2, 0.25) is 5.95 Å². The van der Waals surface area contributed by atoms with Crippen molar-refractivity contribution in [3.8, 4) is 0 Å². The Bertz CT molecular complexity index is 706. The van der Waals surface area contributed by atoms with E-state index >= 15 is 0 Å². The van der Waals surface area contributed by atoms with E-state index in [1.807, 2.05) is 12.1 Å². The summed E-state index contributed by atoms with van der Waals surface area (Å²) in [7, 11) is 0. The molecule has 0 aliphatic carbocycles. The van der Waals surface area contributed by atoms with Crippen molar-refractivity contribution in [2.45, 2.75) is 25.7 Å². The van der Waals surface area contributed by atoms with Crippen LogP contribution >= 0.6 is 0 Å². The van der Waals surface area contributed by atoms with E-state index in [0.717, 1.165) is 56.7 Å². The van der Waals surface area contributed by atoms with Crippen LogP contribution in [0.4, 0.5) is 21.8 Å². The summed E-state index contributed by atoms with van der Waals surface area (Å²) in [5.41, 5.74) is 1.07. The summed E-state index contributed by atoms with van der Waals surface area (Å²) in [5, 5.41) is 8.46. The van der Waals surface area contributed by atoms with Crippen LogP contribution in [0.2, 0.25) is 0 Å². The standard InChI is InChI=1S/C19H25FN6/c20-16-5-7-17(8-6-16)24-11-13-25(14-12-24)18-15-21-23-19(22-18)26-9-3-1-2-4-10-26/h5-8,15H,1-4,9-14H2. The minimum atomic E-state index is -0.194. The minimum absolute atomic E-state index is 0.194. The topological polar surface area (TPSA) is 48.4 Å². The Labute approximate surface area is 153 Å². The van der Waals surface area contributed by atoms with E-state index in [-0.39, 0.29) is 5.82 Å². The Morgan fingerprint density at radius 2 is 1.38 bits per heavy atom. The van der Waals surface area contributed by atoms with E-state index in [1.165, 1.54) is 37.8 Å². The first-order valence-corrected chi connectivity index (χ1v) is 9.50. The molecule has 2 saturated heterocycles. The first-order chi connectivity index (χ1) is 12.8. The van der Waals surface area contributed by atoms with Gasteiger partial charge < -0.3 is 14.7 Å². The zero-order valence-corrected chi connectivity index (χ0v) is 15.0. The van der Waals surface area contributed by atoms with Crippen LogP contribution in [-0.2, 0) is 0 Å². The molecule has 4 rings (SSSR count). The Balaban J connectivity index is 1.41. The van der Waals surface area contributed by atoms with Crippen LogP contribution in [0.15, 0.2) is 30.5 Å². The van der Waals surface area contributed by atoms with E-state index in [9.17, 15) is 4.39 Å². The Hall–Kier alpha value is -2.44. The molecule has 2 aromatic rings. The molecule has 6 nitrogen and oxygen atoms in total. The molecular formula is C19H25FN6. The molecule has 2 fully saturated rings. The lowest BCUT2D eigenvalue weighted by Crippen LogP contribution is -2.47. The Morgan fingerprint density at radius 3 is 2.08 bits per heavy atom. The number of rotatable bonds is 3. The molecule has 0 amide bonds. The molecule has 7 heteroatoms. The number of aromatic nitrogens is 3. The van der Waals surface area contributed by atoms with Crippen molar-refractivity contribution in [2.75, 3.05) is 54.0 Å². The van der Waals surface area contributed by atoms with Gasteiger partial charge in [0.25, 0.3) is 0 Å². The number of halogens is 1. The molecule has 0 saturated carbocycles. The maximum absolute atomic E-state index is 13.1. The molecule has 1 aromatic heterocycles. The number of hydrogen-bond donors (Lipinski definition) is 0. The molecule has 0 spiro atoms. The van der Waals surface area contributed by atoms with E-state index in [0.29, 0.717) is 0 Å². The normalized spacial score (nSPS) is 18.7. The fourth-order valence-corrected chi connectivity index (χ4v) is 3.69. The monoisotopic (exact) mass is 356 g/mol. The lowest BCUT2D eigenvalue weighted by atomic mass is 10.2. The van der Waals surface area contributed by atoms with Gasteiger partial charge in [0, 0.05) is 45.0 Å². The summed E-state index contributed by atoms with van der Waals surface area (Å²) < 4.78 is 13.1. The smallest absolute Gasteiger partial charge is 0.247 e. The quantitative estimate of drug-likeness (QED) is 0.843. The predicted octanol–water partition coefficient (Wildman–Crippen LogP) is 2.72. The highest BCUT2D eigenvalue weighted by atomic mass is 19.1. The zero-order valence-electron chi connectivity index (χ0n) is 15.0. The highest BCUT2D eigenvalue weighted by molar-refractivity contribution is 5.49. The molecule has 2 aliphatic heterocycles. The molecule has 2 aliphatic rings. The SMILES string of the molecule is Fc1ccc(N2CCN(c3cnnc(N4CCCCCC4)n3)CC2)cc1. The lowest BCUT2D eigenvalue weighted by Gasteiger charge is -2.36. The maximum atomic E-state index is 13.1. The minimum Gasteiger partial charge on any atom is -0.368 e. The van der Waals surface area contributed by atoms with Crippen molar-refractivity contribution < 1.29 is 4.39 Å². The average Bonchev–Trinajstić information content (AvgIpc) is 2.98. The second-order valence-electron chi connectivity index (χ2n) is 6.97. The summed E-state index contributed by atoms with van der Waals surface area (Å²) in [4.78, 5) is 11.6.